The third-order valence-corrected chi connectivity index (χ3v) is 4.32. The molecule has 0 aliphatic heterocycles. The minimum absolute atomic E-state index is 0.282. The summed E-state index contributed by atoms with van der Waals surface area (Å²) in [7, 11) is 0. The Hall–Kier alpha value is -3.35. The smallest absolute Gasteiger partial charge is 0.340 e. The maximum atomic E-state index is 12.7. The lowest BCUT2D eigenvalue weighted by atomic mass is 10.1. The van der Waals surface area contributed by atoms with Crippen LogP contribution in [0.25, 0.3) is 5.69 Å². The van der Waals surface area contributed by atoms with Gasteiger partial charge in [-0.2, -0.15) is 5.10 Å². The molecular formula is C20H22N4O3. The number of benzene rings is 1. The number of hydrogen-bond donors (Lipinski definition) is 2. The molecule has 0 bridgehead atoms. The van der Waals surface area contributed by atoms with E-state index in [1.54, 1.807) is 37.7 Å². The molecule has 2 N–H and O–H groups in total. The van der Waals surface area contributed by atoms with Gasteiger partial charge < -0.3 is 15.0 Å². The molecule has 1 aromatic carbocycles. The normalized spacial score (nSPS) is 10.7. The van der Waals surface area contributed by atoms with Gasteiger partial charge in [0, 0.05) is 23.3 Å². The lowest BCUT2D eigenvalue weighted by molar-refractivity contribution is 0.0525. The summed E-state index contributed by atoms with van der Waals surface area (Å²) in [5, 5.41) is 7.15. The van der Waals surface area contributed by atoms with Gasteiger partial charge in [-0.1, -0.05) is 6.07 Å². The molecule has 3 aromatic rings. The number of aromatic nitrogens is 3. The fraction of sp³-hybridized carbons (Fsp3) is 0.250. The number of hydrogen-bond acceptors (Lipinski definition) is 4. The number of carbonyl (C=O) groups is 2. The Labute approximate surface area is 157 Å². The molecule has 140 valence electrons. The summed E-state index contributed by atoms with van der Waals surface area (Å²) in [4.78, 5) is 27.8. The van der Waals surface area contributed by atoms with E-state index >= 15 is 0 Å². The minimum atomic E-state index is -0.432. The van der Waals surface area contributed by atoms with E-state index in [0.717, 1.165) is 11.4 Å². The van der Waals surface area contributed by atoms with Crippen molar-refractivity contribution in [2.75, 3.05) is 11.9 Å². The summed E-state index contributed by atoms with van der Waals surface area (Å²) in [6, 6.07) is 9.32. The zero-order chi connectivity index (χ0) is 19.6. The molecule has 0 atom stereocenters. The van der Waals surface area contributed by atoms with E-state index in [-0.39, 0.29) is 12.5 Å². The quantitative estimate of drug-likeness (QED) is 0.676. The van der Waals surface area contributed by atoms with Gasteiger partial charge in [0.25, 0.3) is 5.91 Å². The summed E-state index contributed by atoms with van der Waals surface area (Å²) in [6.45, 7) is 7.47. The van der Waals surface area contributed by atoms with E-state index in [9.17, 15) is 9.59 Å². The summed E-state index contributed by atoms with van der Waals surface area (Å²) >= 11 is 0. The van der Waals surface area contributed by atoms with Crippen molar-refractivity contribution >= 4 is 17.6 Å². The third-order valence-electron chi connectivity index (χ3n) is 4.32. The molecule has 2 aromatic heterocycles. The SMILES string of the molecule is CCOC(=O)c1c(C)[nH]c(C(=O)Nc2cccc(-n3nccc3C)c2)c1C. The molecule has 0 fully saturated rings. The van der Waals surface area contributed by atoms with Crippen molar-refractivity contribution in [3.05, 3.63) is 64.7 Å². The third kappa shape index (κ3) is 3.62. The van der Waals surface area contributed by atoms with E-state index in [4.69, 9.17) is 4.74 Å². The molecule has 0 spiro atoms. The van der Waals surface area contributed by atoms with Gasteiger partial charge in [0.1, 0.15) is 5.69 Å². The molecular weight excluding hydrogens is 344 g/mol. The highest BCUT2D eigenvalue weighted by molar-refractivity contribution is 6.06. The minimum Gasteiger partial charge on any atom is -0.462 e. The number of aryl methyl sites for hydroxylation is 2. The van der Waals surface area contributed by atoms with E-state index in [2.05, 4.69) is 15.4 Å². The molecule has 27 heavy (non-hydrogen) atoms. The van der Waals surface area contributed by atoms with Crippen LogP contribution in [0.4, 0.5) is 5.69 Å². The van der Waals surface area contributed by atoms with Gasteiger partial charge in [-0.25, -0.2) is 9.48 Å². The standard InChI is InChI=1S/C20H22N4O3/c1-5-27-20(26)17-13(3)18(22-14(17)4)19(25)23-15-7-6-8-16(11-15)24-12(2)9-10-21-24/h6-11,22H,5H2,1-4H3,(H,23,25). The Morgan fingerprint density at radius 2 is 2.00 bits per heavy atom. The van der Waals surface area contributed by atoms with Crippen molar-refractivity contribution in [2.24, 2.45) is 0 Å². The fourth-order valence-electron chi connectivity index (χ4n) is 3.04. The zero-order valence-corrected chi connectivity index (χ0v) is 15.8. The average Bonchev–Trinajstić information content (AvgIpc) is 3.18. The lowest BCUT2D eigenvalue weighted by Gasteiger charge is -2.09. The first-order chi connectivity index (χ1) is 12.9. The second kappa shape index (κ2) is 7.49. The fourth-order valence-corrected chi connectivity index (χ4v) is 3.04. The molecule has 2 heterocycles. The number of anilines is 1. The van der Waals surface area contributed by atoms with Crippen LogP contribution in [-0.4, -0.2) is 33.2 Å². The van der Waals surface area contributed by atoms with Crippen LogP contribution < -0.4 is 5.32 Å². The van der Waals surface area contributed by atoms with Crippen LogP contribution in [0.2, 0.25) is 0 Å². The van der Waals surface area contributed by atoms with Gasteiger partial charge in [0.2, 0.25) is 0 Å². The van der Waals surface area contributed by atoms with Crippen LogP contribution >= 0.6 is 0 Å². The Balaban J connectivity index is 1.85. The van der Waals surface area contributed by atoms with Crippen LogP contribution in [0.1, 0.15) is 44.7 Å². The molecule has 0 radical (unpaired) electrons. The Bertz CT molecular complexity index is 1000. The van der Waals surface area contributed by atoms with Gasteiger partial charge in [-0.15, -0.1) is 0 Å². The van der Waals surface area contributed by atoms with E-state index in [0.29, 0.717) is 28.2 Å². The second-order valence-electron chi connectivity index (χ2n) is 6.23. The van der Waals surface area contributed by atoms with Crippen molar-refractivity contribution in [3.63, 3.8) is 0 Å². The summed E-state index contributed by atoms with van der Waals surface area (Å²) in [5.41, 5.74) is 4.41. The number of aromatic amines is 1. The molecule has 7 nitrogen and oxygen atoms in total. The summed E-state index contributed by atoms with van der Waals surface area (Å²) in [6.07, 6.45) is 1.72. The predicted octanol–water partition coefficient (Wildman–Crippen LogP) is 3.55. The van der Waals surface area contributed by atoms with Crippen LogP contribution in [0.3, 0.4) is 0 Å². The van der Waals surface area contributed by atoms with Gasteiger partial charge >= 0.3 is 5.97 Å². The molecule has 0 aliphatic rings. The van der Waals surface area contributed by atoms with Gasteiger partial charge in [-0.3, -0.25) is 4.79 Å². The molecule has 3 rings (SSSR count). The summed E-state index contributed by atoms with van der Waals surface area (Å²) < 4.78 is 6.86. The van der Waals surface area contributed by atoms with Crippen molar-refractivity contribution in [3.8, 4) is 5.69 Å². The number of ether oxygens (including phenoxy) is 1. The summed E-state index contributed by atoms with van der Waals surface area (Å²) in [5.74, 6) is -0.751. The van der Waals surface area contributed by atoms with E-state index in [1.807, 2.05) is 31.2 Å². The highest BCUT2D eigenvalue weighted by atomic mass is 16.5. The molecule has 1 amide bonds. The number of nitrogens with one attached hydrogen (secondary N) is 2. The first-order valence-electron chi connectivity index (χ1n) is 8.71. The number of nitrogens with zero attached hydrogens (tertiary/aromatic N) is 2. The predicted molar refractivity (Wildman–Crippen MR) is 102 cm³/mol. The van der Waals surface area contributed by atoms with Gasteiger partial charge in [-0.05, 0) is 57.5 Å². The lowest BCUT2D eigenvalue weighted by Crippen LogP contribution is -2.14. The maximum Gasteiger partial charge on any atom is 0.340 e. The Morgan fingerprint density at radius 3 is 2.67 bits per heavy atom. The van der Waals surface area contributed by atoms with E-state index < -0.39 is 5.97 Å². The highest BCUT2D eigenvalue weighted by Gasteiger charge is 2.23. The molecule has 7 heteroatoms. The van der Waals surface area contributed by atoms with Gasteiger partial charge in [0.15, 0.2) is 0 Å². The molecule has 0 aliphatic carbocycles. The first kappa shape index (κ1) is 18.4. The van der Waals surface area contributed by atoms with Crippen LogP contribution in [-0.2, 0) is 4.74 Å². The van der Waals surface area contributed by atoms with Gasteiger partial charge in [0.05, 0.1) is 17.9 Å². The topological polar surface area (TPSA) is 89.0 Å². The Morgan fingerprint density at radius 1 is 1.22 bits per heavy atom. The Kier molecular flexibility index (Phi) is 5.12. The van der Waals surface area contributed by atoms with Crippen LogP contribution in [0.15, 0.2) is 36.5 Å². The van der Waals surface area contributed by atoms with Crippen molar-refractivity contribution < 1.29 is 14.3 Å². The number of rotatable bonds is 5. The average molecular weight is 366 g/mol. The number of esters is 1. The largest absolute Gasteiger partial charge is 0.462 e. The molecule has 0 saturated carbocycles. The zero-order valence-electron chi connectivity index (χ0n) is 15.8. The number of amides is 1. The van der Waals surface area contributed by atoms with Crippen molar-refractivity contribution in [2.45, 2.75) is 27.7 Å². The van der Waals surface area contributed by atoms with Crippen LogP contribution in [0, 0.1) is 20.8 Å². The molecule has 0 unspecified atom stereocenters. The van der Waals surface area contributed by atoms with Crippen molar-refractivity contribution in [1.82, 2.24) is 14.8 Å². The van der Waals surface area contributed by atoms with Crippen LogP contribution in [0.5, 0.6) is 0 Å². The van der Waals surface area contributed by atoms with Crippen molar-refractivity contribution in [1.29, 1.82) is 0 Å². The second-order valence-corrected chi connectivity index (χ2v) is 6.23. The maximum absolute atomic E-state index is 12.7. The van der Waals surface area contributed by atoms with E-state index in [1.165, 1.54) is 0 Å². The number of carbonyl (C=O) groups excluding carboxylic acids is 2. The molecule has 0 saturated heterocycles. The first-order valence-corrected chi connectivity index (χ1v) is 8.71. The highest BCUT2D eigenvalue weighted by Crippen LogP contribution is 2.21. The monoisotopic (exact) mass is 366 g/mol. The number of H-pyrrole nitrogens is 1.